The monoisotopic (exact) mass is 256 g/mol. The molecule has 0 heterocycles. The van der Waals surface area contributed by atoms with Crippen molar-refractivity contribution >= 4 is 5.97 Å². The van der Waals surface area contributed by atoms with Gasteiger partial charge in [-0.3, -0.25) is 0 Å². The van der Waals surface area contributed by atoms with Crippen LogP contribution in [0.5, 0.6) is 0 Å². The van der Waals surface area contributed by atoms with Crippen molar-refractivity contribution < 1.29 is 14.6 Å². The van der Waals surface area contributed by atoms with Crippen LogP contribution in [0.4, 0.5) is 0 Å². The van der Waals surface area contributed by atoms with Gasteiger partial charge in [-0.1, -0.05) is 42.5 Å². The molecule has 1 aliphatic carbocycles. The largest absolute Gasteiger partial charge is 0.497 e. The third-order valence-electron chi connectivity index (χ3n) is 3.26. The van der Waals surface area contributed by atoms with E-state index in [1.165, 1.54) is 6.08 Å². The Balaban J connectivity index is 2.39. The molecule has 1 N–H and O–H groups in total. The second kappa shape index (κ2) is 5.57. The quantitative estimate of drug-likeness (QED) is 0.842. The molecule has 3 heteroatoms. The maximum Gasteiger partial charge on any atom is 0.328 e. The van der Waals surface area contributed by atoms with Crippen molar-refractivity contribution in [2.24, 2.45) is 0 Å². The van der Waals surface area contributed by atoms with Gasteiger partial charge < -0.3 is 9.84 Å². The minimum absolute atomic E-state index is 0.415. The third-order valence-corrected chi connectivity index (χ3v) is 3.26. The summed E-state index contributed by atoms with van der Waals surface area (Å²) in [5.41, 5.74) is 0.650. The second-order valence-electron chi connectivity index (χ2n) is 4.43. The first-order chi connectivity index (χ1) is 9.16. The fourth-order valence-electron chi connectivity index (χ4n) is 2.19. The van der Waals surface area contributed by atoms with Gasteiger partial charge in [0, 0.05) is 11.5 Å². The Bertz CT molecular complexity index is 540. The highest BCUT2D eigenvalue weighted by molar-refractivity contribution is 5.80. The Kier molecular flexibility index (Phi) is 3.85. The van der Waals surface area contributed by atoms with Crippen molar-refractivity contribution in [2.75, 3.05) is 7.11 Å². The van der Waals surface area contributed by atoms with Crippen molar-refractivity contribution in [3.63, 3.8) is 0 Å². The SMILES string of the molecule is COC1=CCC(C=CC(=O)O)(c2ccccc2)C=C1. The molecule has 1 aliphatic rings. The number of carbonyl (C=O) groups is 1. The number of hydrogen-bond acceptors (Lipinski definition) is 2. The van der Waals surface area contributed by atoms with Gasteiger partial charge in [-0.25, -0.2) is 4.79 Å². The van der Waals surface area contributed by atoms with E-state index in [4.69, 9.17) is 9.84 Å². The number of aliphatic carboxylic acids is 1. The summed E-state index contributed by atoms with van der Waals surface area (Å²) in [6.45, 7) is 0. The fraction of sp³-hybridized carbons (Fsp3) is 0.188. The van der Waals surface area contributed by atoms with Gasteiger partial charge in [-0.15, -0.1) is 0 Å². The maximum atomic E-state index is 10.8. The summed E-state index contributed by atoms with van der Waals surface area (Å²) in [6.07, 6.45) is 9.44. The van der Waals surface area contributed by atoms with E-state index < -0.39 is 11.4 Å². The number of allylic oxidation sites excluding steroid dienone is 4. The molecule has 0 bridgehead atoms. The average molecular weight is 256 g/mol. The molecule has 2 rings (SSSR count). The Morgan fingerprint density at radius 3 is 2.63 bits per heavy atom. The van der Waals surface area contributed by atoms with Crippen molar-refractivity contribution in [1.29, 1.82) is 0 Å². The molecule has 0 saturated carbocycles. The van der Waals surface area contributed by atoms with Crippen LogP contribution in [0.15, 0.2) is 66.5 Å². The Morgan fingerprint density at radius 2 is 2.11 bits per heavy atom. The first kappa shape index (κ1) is 13.1. The zero-order chi connectivity index (χ0) is 13.7. The molecule has 98 valence electrons. The van der Waals surface area contributed by atoms with Gasteiger partial charge >= 0.3 is 5.97 Å². The van der Waals surface area contributed by atoms with Crippen LogP contribution in [-0.2, 0) is 14.9 Å². The first-order valence-electron chi connectivity index (χ1n) is 6.07. The minimum Gasteiger partial charge on any atom is -0.497 e. The van der Waals surface area contributed by atoms with Gasteiger partial charge in [0.05, 0.1) is 7.11 Å². The number of carboxylic acids is 1. The van der Waals surface area contributed by atoms with Crippen LogP contribution in [0.25, 0.3) is 0 Å². The molecule has 1 unspecified atom stereocenters. The van der Waals surface area contributed by atoms with Crippen molar-refractivity contribution in [1.82, 2.24) is 0 Å². The van der Waals surface area contributed by atoms with Crippen LogP contribution in [0.1, 0.15) is 12.0 Å². The van der Waals surface area contributed by atoms with E-state index in [1.54, 1.807) is 13.2 Å². The molecule has 1 aromatic rings. The molecule has 1 aromatic carbocycles. The third kappa shape index (κ3) is 2.94. The highest BCUT2D eigenvalue weighted by atomic mass is 16.5. The van der Waals surface area contributed by atoms with Crippen LogP contribution in [-0.4, -0.2) is 18.2 Å². The van der Waals surface area contributed by atoms with Crippen LogP contribution in [0.2, 0.25) is 0 Å². The number of hydrogen-bond donors (Lipinski definition) is 1. The highest BCUT2D eigenvalue weighted by Gasteiger charge is 2.28. The van der Waals surface area contributed by atoms with Crippen LogP contribution in [0.3, 0.4) is 0 Å². The summed E-state index contributed by atoms with van der Waals surface area (Å²) in [5.74, 6) is -0.138. The predicted molar refractivity (Wildman–Crippen MR) is 73.7 cm³/mol. The smallest absolute Gasteiger partial charge is 0.328 e. The Hall–Kier alpha value is -2.29. The fourth-order valence-corrected chi connectivity index (χ4v) is 2.19. The lowest BCUT2D eigenvalue weighted by atomic mass is 9.75. The maximum absolute atomic E-state index is 10.8. The number of ether oxygens (including phenoxy) is 1. The molecule has 0 saturated heterocycles. The standard InChI is InChI=1S/C16H16O3/c1-19-14-7-10-16(11-8-14,12-9-15(17)18)13-5-3-2-4-6-13/h2-10,12H,11H2,1H3,(H,17,18). The molecule has 0 spiro atoms. The van der Waals surface area contributed by atoms with E-state index >= 15 is 0 Å². The number of methoxy groups -OCH3 is 1. The normalized spacial score (nSPS) is 22.3. The molecular weight excluding hydrogens is 240 g/mol. The van der Waals surface area contributed by atoms with Crippen LogP contribution < -0.4 is 0 Å². The highest BCUT2D eigenvalue weighted by Crippen LogP contribution is 2.35. The lowest BCUT2D eigenvalue weighted by Crippen LogP contribution is -2.22. The van der Waals surface area contributed by atoms with E-state index in [9.17, 15) is 4.79 Å². The van der Waals surface area contributed by atoms with Gasteiger partial charge in [0.2, 0.25) is 0 Å². The van der Waals surface area contributed by atoms with E-state index in [0.29, 0.717) is 6.42 Å². The summed E-state index contributed by atoms with van der Waals surface area (Å²) in [4.78, 5) is 10.8. The molecule has 0 amide bonds. The Morgan fingerprint density at radius 1 is 1.37 bits per heavy atom. The molecule has 0 fully saturated rings. The molecular formula is C16H16O3. The molecule has 0 aliphatic heterocycles. The second-order valence-corrected chi connectivity index (χ2v) is 4.43. The minimum atomic E-state index is -0.940. The topological polar surface area (TPSA) is 46.5 Å². The summed E-state index contributed by atoms with van der Waals surface area (Å²) >= 11 is 0. The Labute approximate surface area is 112 Å². The van der Waals surface area contributed by atoms with Gasteiger partial charge in [0.1, 0.15) is 5.76 Å². The number of benzene rings is 1. The van der Waals surface area contributed by atoms with Crippen molar-refractivity contribution in [3.8, 4) is 0 Å². The van der Waals surface area contributed by atoms with E-state index in [1.807, 2.05) is 48.6 Å². The van der Waals surface area contributed by atoms with Gasteiger partial charge in [-0.2, -0.15) is 0 Å². The summed E-state index contributed by atoms with van der Waals surface area (Å²) in [6, 6.07) is 9.86. The predicted octanol–water partition coefficient (Wildman–Crippen LogP) is 3.06. The lowest BCUT2D eigenvalue weighted by Gasteiger charge is -2.29. The number of carboxylic acid groups (broad SMARTS) is 1. The molecule has 0 radical (unpaired) electrons. The van der Waals surface area contributed by atoms with Gasteiger partial charge in [-0.05, 0) is 24.1 Å². The molecule has 3 nitrogen and oxygen atoms in total. The molecule has 19 heavy (non-hydrogen) atoms. The van der Waals surface area contributed by atoms with Crippen LogP contribution in [0, 0.1) is 0 Å². The summed E-state index contributed by atoms with van der Waals surface area (Å²) in [5, 5.41) is 8.85. The van der Waals surface area contributed by atoms with E-state index in [-0.39, 0.29) is 0 Å². The van der Waals surface area contributed by atoms with E-state index in [2.05, 4.69) is 0 Å². The summed E-state index contributed by atoms with van der Waals surface area (Å²) in [7, 11) is 1.62. The zero-order valence-corrected chi connectivity index (χ0v) is 10.7. The zero-order valence-electron chi connectivity index (χ0n) is 10.7. The van der Waals surface area contributed by atoms with Crippen molar-refractivity contribution in [3.05, 3.63) is 72.0 Å². The average Bonchev–Trinajstić information content (AvgIpc) is 2.46. The first-order valence-corrected chi connectivity index (χ1v) is 6.07. The van der Waals surface area contributed by atoms with Gasteiger partial charge in [0.15, 0.2) is 0 Å². The number of rotatable bonds is 4. The van der Waals surface area contributed by atoms with Gasteiger partial charge in [0.25, 0.3) is 0 Å². The molecule has 1 atom stereocenters. The lowest BCUT2D eigenvalue weighted by molar-refractivity contribution is -0.131. The molecule has 0 aromatic heterocycles. The van der Waals surface area contributed by atoms with Crippen molar-refractivity contribution in [2.45, 2.75) is 11.8 Å². The van der Waals surface area contributed by atoms with E-state index in [0.717, 1.165) is 11.3 Å². The van der Waals surface area contributed by atoms with Crippen LogP contribution >= 0.6 is 0 Å². The summed E-state index contributed by atoms with van der Waals surface area (Å²) < 4.78 is 5.18.